The summed E-state index contributed by atoms with van der Waals surface area (Å²) in [5, 5.41) is 11.8. The van der Waals surface area contributed by atoms with Crippen molar-refractivity contribution in [2.24, 2.45) is 5.92 Å². The van der Waals surface area contributed by atoms with Crippen LogP contribution in [0.25, 0.3) is 0 Å². The molecule has 0 aliphatic rings. The van der Waals surface area contributed by atoms with Crippen LogP contribution in [0.2, 0.25) is 0 Å². The summed E-state index contributed by atoms with van der Waals surface area (Å²) in [7, 11) is 5.41. The molecule has 0 aromatic carbocycles. The van der Waals surface area contributed by atoms with E-state index in [0.717, 1.165) is 13.0 Å². The predicted molar refractivity (Wildman–Crippen MR) is 81.4 cm³/mol. The summed E-state index contributed by atoms with van der Waals surface area (Å²) in [5.41, 5.74) is 0. The summed E-state index contributed by atoms with van der Waals surface area (Å²) in [6, 6.07) is -0.367. The van der Waals surface area contributed by atoms with Crippen molar-refractivity contribution in [1.29, 1.82) is 0 Å². The van der Waals surface area contributed by atoms with Gasteiger partial charge in [0.25, 0.3) is 0 Å². The van der Waals surface area contributed by atoms with Crippen molar-refractivity contribution in [3.05, 3.63) is 0 Å². The Morgan fingerprint density at radius 1 is 1.29 bits per heavy atom. The first-order valence-electron chi connectivity index (χ1n) is 7.17. The molecule has 0 spiro atoms. The van der Waals surface area contributed by atoms with Crippen LogP contribution in [0.5, 0.6) is 0 Å². The van der Waals surface area contributed by atoms with Gasteiger partial charge in [-0.1, -0.05) is 13.8 Å². The van der Waals surface area contributed by atoms with Crippen molar-refractivity contribution in [3.63, 3.8) is 0 Å². The van der Waals surface area contributed by atoms with Gasteiger partial charge in [-0.15, -0.1) is 0 Å². The van der Waals surface area contributed by atoms with E-state index in [1.54, 1.807) is 0 Å². The van der Waals surface area contributed by atoms with E-state index in [1.165, 1.54) is 12.0 Å². The number of urea groups is 1. The molecule has 0 radical (unpaired) electrons. The molecule has 0 aliphatic carbocycles. The predicted octanol–water partition coefficient (Wildman–Crippen LogP) is 0.705. The number of methoxy groups -OCH3 is 1. The average Bonchev–Trinajstić information content (AvgIpc) is 2.31. The highest BCUT2D eigenvalue weighted by atomic mass is 16.5. The molecule has 7 heteroatoms. The maximum atomic E-state index is 12.2. The van der Waals surface area contributed by atoms with Crippen LogP contribution in [-0.2, 0) is 9.53 Å². The molecule has 0 bridgehead atoms. The van der Waals surface area contributed by atoms with E-state index in [0.29, 0.717) is 12.5 Å². The number of likely N-dealkylation sites (N-methyl/N-ethyl adjacent to an activating group) is 1. The standard InChI is InChI=1S/C14H29N3O4/c1-11(2)8-12(9-16(3)4)15-14(20)17(6-7-21-5)10-13(18)19/h11-12H,6-10H2,1-5H3,(H,15,20)(H,18,19). The number of hydrogen-bond acceptors (Lipinski definition) is 4. The normalized spacial score (nSPS) is 12.5. The second-order valence-corrected chi connectivity index (χ2v) is 5.85. The molecule has 0 aromatic rings. The third kappa shape index (κ3) is 10.1. The maximum Gasteiger partial charge on any atom is 0.323 e. The minimum Gasteiger partial charge on any atom is -0.480 e. The number of nitrogens with zero attached hydrogens (tertiary/aromatic N) is 2. The fraction of sp³-hybridized carbons (Fsp3) is 0.857. The number of carbonyl (C=O) groups is 2. The molecule has 0 aromatic heterocycles. The highest BCUT2D eigenvalue weighted by molar-refractivity contribution is 5.80. The fourth-order valence-electron chi connectivity index (χ4n) is 2.07. The number of carboxylic acids is 1. The van der Waals surface area contributed by atoms with Crippen molar-refractivity contribution >= 4 is 12.0 Å². The van der Waals surface area contributed by atoms with Crippen LogP contribution >= 0.6 is 0 Å². The van der Waals surface area contributed by atoms with Gasteiger partial charge in [0.2, 0.25) is 0 Å². The van der Waals surface area contributed by atoms with Gasteiger partial charge in [0, 0.05) is 26.2 Å². The van der Waals surface area contributed by atoms with Crippen LogP contribution in [0.1, 0.15) is 20.3 Å². The van der Waals surface area contributed by atoms with Crippen LogP contribution in [0.4, 0.5) is 4.79 Å². The molecule has 2 N–H and O–H groups in total. The van der Waals surface area contributed by atoms with E-state index < -0.39 is 5.97 Å². The Balaban J connectivity index is 4.66. The molecule has 124 valence electrons. The summed E-state index contributed by atoms with van der Waals surface area (Å²) >= 11 is 0. The van der Waals surface area contributed by atoms with Crippen molar-refractivity contribution < 1.29 is 19.4 Å². The third-order valence-electron chi connectivity index (χ3n) is 2.85. The number of hydrogen-bond donors (Lipinski definition) is 2. The maximum absolute atomic E-state index is 12.2. The molecule has 0 saturated heterocycles. The first-order valence-corrected chi connectivity index (χ1v) is 7.17. The number of aliphatic carboxylic acids is 1. The topological polar surface area (TPSA) is 82.1 Å². The van der Waals surface area contributed by atoms with Crippen LogP contribution in [0.15, 0.2) is 0 Å². The highest BCUT2D eigenvalue weighted by Gasteiger charge is 2.21. The minimum atomic E-state index is -1.03. The van der Waals surface area contributed by atoms with Gasteiger partial charge in [0.15, 0.2) is 0 Å². The van der Waals surface area contributed by atoms with Gasteiger partial charge in [-0.25, -0.2) is 4.79 Å². The van der Waals surface area contributed by atoms with E-state index in [9.17, 15) is 9.59 Å². The van der Waals surface area contributed by atoms with Crippen molar-refractivity contribution in [3.8, 4) is 0 Å². The molecule has 1 unspecified atom stereocenters. The zero-order chi connectivity index (χ0) is 16.4. The Labute approximate surface area is 127 Å². The number of carbonyl (C=O) groups excluding carboxylic acids is 1. The number of carboxylic acid groups (broad SMARTS) is 1. The Hall–Kier alpha value is -1.34. The van der Waals surface area contributed by atoms with Gasteiger partial charge >= 0.3 is 12.0 Å². The van der Waals surface area contributed by atoms with Crippen molar-refractivity contribution in [1.82, 2.24) is 15.1 Å². The van der Waals surface area contributed by atoms with E-state index in [4.69, 9.17) is 9.84 Å². The largest absolute Gasteiger partial charge is 0.480 e. The Morgan fingerprint density at radius 2 is 1.90 bits per heavy atom. The second-order valence-electron chi connectivity index (χ2n) is 5.85. The first-order chi connectivity index (χ1) is 9.76. The van der Waals surface area contributed by atoms with Gasteiger partial charge in [-0.2, -0.15) is 0 Å². The van der Waals surface area contributed by atoms with Crippen molar-refractivity contribution in [2.45, 2.75) is 26.3 Å². The summed E-state index contributed by atoms with van der Waals surface area (Å²) < 4.78 is 4.92. The molecule has 0 aliphatic heterocycles. The molecule has 0 rings (SSSR count). The fourth-order valence-corrected chi connectivity index (χ4v) is 2.07. The molecular formula is C14H29N3O4. The molecule has 1 atom stereocenters. The summed E-state index contributed by atoms with van der Waals surface area (Å²) in [6.07, 6.45) is 0.842. The minimum absolute atomic E-state index is 0.00802. The van der Waals surface area contributed by atoms with Crippen molar-refractivity contribution in [2.75, 3.05) is 47.4 Å². The van der Waals surface area contributed by atoms with Crippen LogP contribution in [-0.4, -0.2) is 80.4 Å². The number of amides is 2. The SMILES string of the molecule is COCCN(CC(=O)O)C(=O)NC(CC(C)C)CN(C)C. The summed E-state index contributed by atoms with van der Waals surface area (Å²) in [5.74, 6) is -0.587. The lowest BCUT2D eigenvalue weighted by molar-refractivity contribution is -0.137. The van der Waals surface area contributed by atoms with E-state index in [1.807, 2.05) is 19.0 Å². The molecule has 7 nitrogen and oxygen atoms in total. The first kappa shape index (κ1) is 19.7. The van der Waals surface area contributed by atoms with Gasteiger partial charge in [0.05, 0.1) is 6.61 Å². The molecule has 0 heterocycles. The second kappa shape index (κ2) is 10.4. The third-order valence-corrected chi connectivity index (χ3v) is 2.85. The zero-order valence-electron chi connectivity index (χ0n) is 13.8. The number of rotatable bonds is 10. The van der Waals surface area contributed by atoms with E-state index >= 15 is 0 Å². The Bertz CT molecular complexity index is 311. The molecule has 2 amide bonds. The average molecular weight is 303 g/mol. The van der Waals surface area contributed by atoms with Gasteiger partial charge in [-0.05, 0) is 26.4 Å². The smallest absolute Gasteiger partial charge is 0.323 e. The van der Waals surface area contributed by atoms with E-state index in [2.05, 4.69) is 19.2 Å². The molecular weight excluding hydrogens is 274 g/mol. The summed E-state index contributed by atoms with van der Waals surface area (Å²) in [6.45, 7) is 5.14. The Kier molecular flexibility index (Phi) is 9.73. The lowest BCUT2D eigenvalue weighted by Crippen LogP contribution is -2.50. The highest BCUT2D eigenvalue weighted by Crippen LogP contribution is 2.06. The summed E-state index contributed by atoms with van der Waals surface area (Å²) in [4.78, 5) is 26.3. The lowest BCUT2D eigenvalue weighted by Gasteiger charge is -2.28. The van der Waals surface area contributed by atoms with Gasteiger partial charge < -0.3 is 25.0 Å². The Morgan fingerprint density at radius 3 is 2.33 bits per heavy atom. The number of nitrogens with one attached hydrogen (secondary N) is 1. The van der Waals surface area contributed by atoms with E-state index in [-0.39, 0.29) is 25.2 Å². The number of ether oxygens (including phenoxy) is 1. The van der Waals surface area contributed by atoms with Crippen LogP contribution in [0.3, 0.4) is 0 Å². The van der Waals surface area contributed by atoms with Crippen LogP contribution < -0.4 is 5.32 Å². The molecule has 0 fully saturated rings. The lowest BCUT2D eigenvalue weighted by atomic mass is 10.0. The molecule has 21 heavy (non-hydrogen) atoms. The molecule has 0 saturated carbocycles. The van der Waals surface area contributed by atoms with Gasteiger partial charge in [0.1, 0.15) is 6.54 Å². The zero-order valence-corrected chi connectivity index (χ0v) is 13.8. The van der Waals surface area contributed by atoms with Crippen LogP contribution in [0, 0.1) is 5.92 Å². The van der Waals surface area contributed by atoms with Gasteiger partial charge in [-0.3, -0.25) is 4.79 Å². The monoisotopic (exact) mass is 303 g/mol. The quantitative estimate of drug-likeness (QED) is 0.621.